The highest BCUT2D eigenvalue weighted by molar-refractivity contribution is 6.33. The van der Waals surface area contributed by atoms with E-state index in [1.54, 1.807) is 30.0 Å². The summed E-state index contributed by atoms with van der Waals surface area (Å²) in [4.78, 5) is 26.7. The standard InChI is InChI=1S/C21H16ClFN2O4/c1-11-17(19(24-29-11)18-14(22)4-3-5-15(18)23)20(26)25-9-8-12-10-13(21(27)28-2)6-7-16(12)25/h3-7,10H,8-9H2,1-2H3. The van der Waals surface area contributed by atoms with Crippen LogP contribution in [0.1, 0.15) is 32.0 Å². The number of aryl methyl sites for hydroxylation is 1. The van der Waals surface area contributed by atoms with Gasteiger partial charge in [0.2, 0.25) is 0 Å². The summed E-state index contributed by atoms with van der Waals surface area (Å²) in [7, 11) is 1.31. The average molecular weight is 415 g/mol. The van der Waals surface area contributed by atoms with Crippen molar-refractivity contribution in [3.8, 4) is 11.3 Å². The Labute approximate surface area is 170 Å². The Morgan fingerprint density at radius 3 is 2.79 bits per heavy atom. The van der Waals surface area contributed by atoms with E-state index in [0.29, 0.717) is 24.2 Å². The third kappa shape index (κ3) is 3.17. The molecule has 0 fully saturated rings. The van der Waals surface area contributed by atoms with Crippen molar-refractivity contribution in [2.75, 3.05) is 18.6 Å². The van der Waals surface area contributed by atoms with Gasteiger partial charge in [-0.2, -0.15) is 0 Å². The molecular formula is C21H16ClFN2O4. The van der Waals surface area contributed by atoms with Gasteiger partial charge in [0.1, 0.15) is 22.8 Å². The van der Waals surface area contributed by atoms with Crippen LogP contribution in [0, 0.1) is 12.7 Å². The highest BCUT2D eigenvalue weighted by Crippen LogP contribution is 2.36. The zero-order valence-corrected chi connectivity index (χ0v) is 16.4. The summed E-state index contributed by atoms with van der Waals surface area (Å²) in [5.41, 5.74) is 2.18. The van der Waals surface area contributed by atoms with Gasteiger partial charge in [0.15, 0.2) is 0 Å². The lowest BCUT2D eigenvalue weighted by Gasteiger charge is -2.18. The smallest absolute Gasteiger partial charge is 0.337 e. The molecule has 8 heteroatoms. The maximum atomic E-state index is 14.4. The molecular weight excluding hydrogens is 399 g/mol. The van der Waals surface area contributed by atoms with Gasteiger partial charge in [0, 0.05) is 12.2 Å². The van der Waals surface area contributed by atoms with Gasteiger partial charge in [-0.3, -0.25) is 4.79 Å². The second kappa shape index (κ2) is 7.33. The van der Waals surface area contributed by atoms with Crippen LogP contribution in [0.2, 0.25) is 5.02 Å². The van der Waals surface area contributed by atoms with Crippen LogP contribution in [0.3, 0.4) is 0 Å². The highest BCUT2D eigenvalue weighted by atomic mass is 35.5. The SMILES string of the molecule is COC(=O)c1ccc2c(c1)CCN2C(=O)c1c(-c2c(F)cccc2Cl)noc1C. The molecule has 0 saturated heterocycles. The van der Waals surface area contributed by atoms with Crippen LogP contribution in [-0.4, -0.2) is 30.7 Å². The van der Waals surface area contributed by atoms with Gasteiger partial charge in [-0.25, -0.2) is 9.18 Å². The minimum Gasteiger partial charge on any atom is -0.465 e. The number of ether oxygens (including phenoxy) is 1. The molecule has 0 aliphatic carbocycles. The Bertz CT molecular complexity index is 1120. The number of carbonyl (C=O) groups is 2. The fraction of sp³-hybridized carbons (Fsp3) is 0.190. The molecule has 1 amide bonds. The van der Waals surface area contributed by atoms with Crippen molar-refractivity contribution in [2.24, 2.45) is 0 Å². The number of esters is 1. The molecule has 0 saturated carbocycles. The highest BCUT2D eigenvalue weighted by Gasteiger charge is 2.32. The Kier molecular flexibility index (Phi) is 4.84. The molecule has 0 atom stereocenters. The van der Waals surface area contributed by atoms with Gasteiger partial charge in [0.05, 0.1) is 23.3 Å². The molecule has 6 nitrogen and oxygen atoms in total. The zero-order valence-electron chi connectivity index (χ0n) is 15.7. The van der Waals surface area contributed by atoms with E-state index in [9.17, 15) is 14.0 Å². The molecule has 3 aromatic rings. The summed E-state index contributed by atoms with van der Waals surface area (Å²) >= 11 is 6.16. The van der Waals surface area contributed by atoms with Crippen LogP contribution in [0.5, 0.6) is 0 Å². The molecule has 0 spiro atoms. The van der Waals surface area contributed by atoms with Crippen LogP contribution in [0.15, 0.2) is 40.9 Å². The molecule has 0 unspecified atom stereocenters. The molecule has 0 radical (unpaired) electrons. The normalized spacial score (nSPS) is 12.8. The van der Waals surface area contributed by atoms with Gasteiger partial charge in [-0.15, -0.1) is 0 Å². The van der Waals surface area contributed by atoms with Gasteiger partial charge >= 0.3 is 5.97 Å². The van der Waals surface area contributed by atoms with E-state index in [2.05, 4.69) is 5.16 Å². The molecule has 0 bridgehead atoms. The number of methoxy groups -OCH3 is 1. The lowest BCUT2D eigenvalue weighted by Crippen LogP contribution is -2.29. The quantitative estimate of drug-likeness (QED) is 0.593. The molecule has 2 heterocycles. The van der Waals surface area contributed by atoms with Crippen LogP contribution in [0.25, 0.3) is 11.3 Å². The third-order valence-electron chi connectivity index (χ3n) is 4.92. The Morgan fingerprint density at radius 2 is 2.07 bits per heavy atom. The van der Waals surface area contributed by atoms with Crippen molar-refractivity contribution >= 4 is 29.2 Å². The number of hydrogen-bond donors (Lipinski definition) is 0. The lowest BCUT2D eigenvalue weighted by atomic mass is 10.0. The maximum absolute atomic E-state index is 14.4. The zero-order chi connectivity index (χ0) is 20.7. The number of hydrogen-bond acceptors (Lipinski definition) is 5. The van der Waals surface area contributed by atoms with Crippen molar-refractivity contribution < 1.29 is 23.2 Å². The number of benzene rings is 2. The number of amides is 1. The molecule has 1 aliphatic heterocycles. The summed E-state index contributed by atoms with van der Waals surface area (Å²) in [5.74, 6) is -1.14. The minimum absolute atomic E-state index is 0.0230. The Hall–Kier alpha value is -3.19. The van der Waals surface area contributed by atoms with E-state index in [1.807, 2.05) is 0 Å². The number of fused-ring (bicyclic) bond motifs is 1. The van der Waals surface area contributed by atoms with Crippen molar-refractivity contribution in [3.05, 3.63) is 69.7 Å². The monoisotopic (exact) mass is 414 g/mol. The Morgan fingerprint density at radius 1 is 1.28 bits per heavy atom. The molecule has 2 aromatic carbocycles. The van der Waals surface area contributed by atoms with E-state index in [-0.39, 0.29) is 33.5 Å². The predicted octanol–water partition coefficient (Wildman–Crippen LogP) is 4.43. The topological polar surface area (TPSA) is 72.6 Å². The van der Waals surface area contributed by atoms with E-state index in [4.69, 9.17) is 20.9 Å². The molecule has 1 aliphatic rings. The minimum atomic E-state index is -0.593. The molecule has 148 valence electrons. The summed E-state index contributed by atoms with van der Waals surface area (Å²) in [6.07, 6.45) is 0.575. The van der Waals surface area contributed by atoms with Crippen LogP contribution in [-0.2, 0) is 11.2 Å². The summed E-state index contributed by atoms with van der Waals surface area (Å²) in [6, 6.07) is 9.27. The first-order valence-electron chi connectivity index (χ1n) is 8.86. The number of aromatic nitrogens is 1. The maximum Gasteiger partial charge on any atom is 0.337 e. The van der Waals surface area contributed by atoms with Gasteiger partial charge < -0.3 is 14.2 Å². The molecule has 0 N–H and O–H groups in total. The average Bonchev–Trinajstić information content (AvgIpc) is 3.30. The largest absolute Gasteiger partial charge is 0.465 e. The molecule has 1 aromatic heterocycles. The summed E-state index contributed by atoms with van der Waals surface area (Å²) in [6.45, 7) is 2.00. The number of anilines is 1. The van der Waals surface area contributed by atoms with Gasteiger partial charge in [0.25, 0.3) is 5.91 Å². The first-order chi connectivity index (χ1) is 13.9. The van der Waals surface area contributed by atoms with Gasteiger partial charge in [-0.1, -0.05) is 22.8 Å². The number of carbonyl (C=O) groups excluding carboxylic acids is 2. The van der Waals surface area contributed by atoms with E-state index in [1.165, 1.54) is 25.3 Å². The summed E-state index contributed by atoms with van der Waals surface area (Å²) < 4.78 is 24.4. The fourth-order valence-corrected chi connectivity index (χ4v) is 3.76. The first kappa shape index (κ1) is 19.1. The third-order valence-corrected chi connectivity index (χ3v) is 5.23. The summed E-state index contributed by atoms with van der Waals surface area (Å²) in [5, 5.41) is 4.03. The van der Waals surface area contributed by atoms with E-state index < -0.39 is 11.8 Å². The van der Waals surface area contributed by atoms with Crippen molar-refractivity contribution in [1.82, 2.24) is 5.16 Å². The van der Waals surface area contributed by atoms with Crippen molar-refractivity contribution in [3.63, 3.8) is 0 Å². The van der Waals surface area contributed by atoms with Crippen LogP contribution >= 0.6 is 11.6 Å². The van der Waals surface area contributed by atoms with E-state index >= 15 is 0 Å². The number of rotatable bonds is 3. The van der Waals surface area contributed by atoms with E-state index in [0.717, 1.165) is 5.56 Å². The second-order valence-corrected chi connectivity index (χ2v) is 7.01. The lowest BCUT2D eigenvalue weighted by molar-refractivity contribution is 0.0600. The van der Waals surface area contributed by atoms with Gasteiger partial charge in [-0.05, 0) is 49.2 Å². The Balaban J connectivity index is 1.75. The van der Waals surface area contributed by atoms with Crippen LogP contribution < -0.4 is 4.90 Å². The van der Waals surface area contributed by atoms with Crippen molar-refractivity contribution in [2.45, 2.75) is 13.3 Å². The van der Waals surface area contributed by atoms with Crippen LogP contribution in [0.4, 0.5) is 10.1 Å². The number of nitrogens with zero attached hydrogens (tertiary/aromatic N) is 2. The predicted molar refractivity (Wildman–Crippen MR) is 105 cm³/mol. The second-order valence-electron chi connectivity index (χ2n) is 6.60. The number of halogens is 2. The van der Waals surface area contributed by atoms with Crippen molar-refractivity contribution in [1.29, 1.82) is 0 Å². The molecule has 4 rings (SSSR count). The molecule has 29 heavy (non-hydrogen) atoms. The first-order valence-corrected chi connectivity index (χ1v) is 9.24. The fourth-order valence-electron chi connectivity index (χ4n) is 3.51.